The number of ether oxygens (including phenoxy) is 1. The zero-order chi connectivity index (χ0) is 15.6. The number of nitrogens with one attached hydrogen (secondary N) is 1. The summed E-state index contributed by atoms with van der Waals surface area (Å²) in [5, 5.41) is 2.91. The van der Waals surface area contributed by atoms with E-state index in [-0.39, 0.29) is 17.2 Å². The highest BCUT2D eigenvalue weighted by Gasteiger charge is 2.36. The van der Waals surface area contributed by atoms with E-state index >= 15 is 0 Å². The Hall–Kier alpha value is -1.43. The molecule has 0 spiro atoms. The largest absolute Gasteiger partial charge is 0.444 e. The second-order valence-corrected chi connectivity index (χ2v) is 7.42. The SMILES string of the molecule is CN1C(=O)[C@@H](NC(=O)OC(C)(C)C)CSC2C=CC=CC21. The average Bonchev–Trinajstić information content (AvgIpc) is 2.50. The highest BCUT2D eigenvalue weighted by atomic mass is 32.2. The van der Waals surface area contributed by atoms with Crippen molar-refractivity contribution in [3.8, 4) is 0 Å². The number of fused-ring (bicyclic) bond motifs is 1. The van der Waals surface area contributed by atoms with Crippen molar-refractivity contribution in [1.29, 1.82) is 0 Å². The molecule has 5 nitrogen and oxygen atoms in total. The van der Waals surface area contributed by atoms with Crippen molar-refractivity contribution in [3.05, 3.63) is 24.3 Å². The zero-order valence-electron chi connectivity index (χ0n) is 12.8. The van der Waals surface area contributed by atoms with E-state index in [0.717, 1.165) is 0 Å². The fourth-order valence-corrected chi connectivity index (χ4v) is 3.62. The standard InChI is InChI=1S/C15H22N2O3S/c1-15(2,3)20-14(19)16-10-9-21-12-8-6-5-7-11(12)17(4)13(10)18/h5-8,10-12H,9H2,1-4H3,(H,16,19)/t10-,11?,12?/m0/s1. The van der Waals surface area contributed by atoms with Gasteiger partial charge in [-0.2, -0.15) is 0 Å². The predicted molar refractivity (Wildman–Crippen MR) is 84.2 cm³/mol. The molecular weight excluding hydrogens is 288 g/mol. The van der Waals surface area contributed by atoms with Crippen molar-refractivity contribution in [1.82, 2.24) is 10.2 Å². The van der Waals surface area contributed by atoms with Crippen molar-refractivity contribution < 1.29 is 14.3 Å². The van der Waals surface area contributed by atoms with Gasteiger partial charge in [0, 0.05) is 18.1 Å². The molecule has 1 N–H and O–H groups in total. The van der Waals surface area contributed by atoms with E-state index in [0.29, 0.717) is 5.75 Å². The molecule has 0 saturated carbocycles. The van der Waals surface area contributed by atoms with E-state index in [2.05, 4.69) is 11.4 Å². The van der Waals surface area contributed by atoms with Gasteiger partial charge in [0.15, 0.2) is 0 Å². The van der Waals surface area contributed by atoms with Crippen LogP contribution in [0.5, 0.6) is 0 Å². The first-order valence-corrected chi connectivity index (χ1v) is 8.05. The fourth-order valence-electron chi connectivity index (χ4n) is 2.30. The molecule has 116 valence electrons. The Morgan fingerprint density at radius 1 is 1.38 bits per heavy atom. The van der Waals surface area contributed by atoms with E-state index in [1.54, 1.807) is 44.5 Å². The highest BCUT2D eigenvalue weighted by molar-refractivity contribution is 8.00. The van der Waals surface area contributed by atoms with Crippen LogP contribution in [0.1, 0.15) is 20.8 Å². The monoisotopic (exact) mass is 310 g/mol. The molecule has 2 rings (SSSR count). The lowest BCUT2D eigenvalue weighted by molar-refractivity contribution is -0.132. The molecular formula is C15H22N2O3S. The number of carbonyl (C=O) groups is 2. The summed E-state index contributed by atoms with van der Waals surface area (Å²) in [4.78, 5) is 26.1. The number of nitrogens with zero attached hydrogens (tertiary/aromatic N) is 1. The second-order valence-electron chi connectivity index (χ2n) is 6.21. The van der Waals surface area contributed by atoms with E-state index in [4.69, 9.17) is 4.74 Å². The quantitative estimate of drug-likeness (QED) is 0.804. The first-order chi connectivity index (χ1) is 9.78. The normalized spacial score (nSPS) is 28.9. The number of carbonyl (C=O) groups excluding carboxylic acids is 2. The van der Waals surface area contributed by atoms with Crippen LogP contribution in [0, 0.1) is 0 Å². The lowest BCUT2D eigenvalue weighted by Crippen LogP contribution is -2.51. The Kier molecular flexibility index (Phi) is 4.66. The molecule has 0 aromatic heterocycles. The second kappa shape index (κ2) is 6.13. The molecule has 0 aromatic rings. The number of allylic oxidation sites excluding steroid dienone is 2. The van der Waals surface area contributed by atoms with Gasteiger partial charge in [0.1, 0.15) is 11.6 Å². The smallest absolute Gasteiger partial charge is 0.408 e. The van der Waals surface area contributed by atoms with Crippen molar-refractivity contribution in [2.45, 2.75) is 43.7 Å². The molecule has 1 aliphatic heterocycles. The minimum atomic E-state index is -0.573. The third-order valence-electron chi connectivity index (χ3n) is 3.30. The van der Waals surface area contributed by atoms with Crippen LogP contribution in [0.4, 0.5) is 4.79 Å². The number of amides is 2. The number of rotatable bonds is 1. The first kappa shape index (κ1) is 15.9. The summed E-state index contributed by atoms with van der Waals surface area (Å²) in [5.41, 5.74) is -0.573. The van der Waals surface area contributed by atoms with Gasteiger partial charge in [0.05, 0.1) is 6.04 Å². The molecule has 1 fully saturated rings. The van der Waals surface area contributed by atoms with Crippen LogP contribution in [0.3, 0.4) is 0 Å². The Bertz CT molecular complexity index is 482. The van der Waals surface area contributed by atoms with Gasteiger partial charge >= 0.3 is 6.09 Å². The minimum absolute atomic E-state index is 0.0398. The van der Waals surface area contributed by atoms with Crippen LogP contribution in [0.25, 0.3) is 0 Å². The van der Waals surface area contributed by atoms with Gasteiger partial charge in [-0.3, -0.25) is 4.79 Å². The Morgan fingerprint density at radius 2 is 2.05 bits per heavy atom. The Labute approximate surface area is 129 Å². The number of hydrogen-bond acceptors (Lipinski definition) is 4. The molecule has 0 bridgehead atoms. The molecule has 1 aliphatic carbocycles. The number of likely N-dealkylation sites (N-methyl/N-ethyl adjacent to an activating group) is 1. The highest BCUT2D eigenvalue weighted by Crippen LogP contribution is 2.28. The molecule has 1 saturated heterocycles. The van der Waals surface area contributed by atoms with Crippen molar-refractivity contribution in [3.63, 3.8) is 0 Å². The molecule has 1 heterocycles. The van der Waals surface area contributed by atoms with Crippen LogP contribution in [0.15, 0.2) is 24.3 Å². The van der Waals surface area contributed by atoms with Gasteiger partial charge in [-0.05, 0) is 20.8 Å². The van der Waals surface area contributed by atoms with Crippen molar-refractivity contribution in [2.75, 3.05) is 12.8 Å². The van der Waals surface area contributed by atoms with Gasteiger partial charge in [-0.25, -0.2) is 4.79 Å². The summed E-state index contributed by atoms with van der Waals surface area (Å²) >= 11 is 1.67. The van der Waals surface area contributed by atoms with Crippen LogP contribution >= 0.6 is 11.8 Å². The third-order valence-corrected chi connectivity index (χ3v) is 4.64. The Balaban J connectivity index is 2.04. The van der Waals surface area contributed by atoms with Crippen molar-refractivity contribution >= 4 is 23.8 Å². The average molecular weight is 310 g/mol. The van der Waals surface area contributed by atoms with Gasteiger partial charge in [-0.15, -0.1) is 11.8 Å². The summed E-state index contributed by atoms with van der Waals surface area (Å²) in [5.74, 6) is 0.461. The molecule has 3 atom stereocenters. The topological polar surface area (TPSA) is 58.6 Å². The number of alkyl carbamates (subject to hydrolysis) is 1. The zero-order valence-corrected chi connectivity index (χ0v) is 13.6. The predicted octanol–water partition coefficient (Wildman–Crippen LogP) is 1.95. The van der Waals surface area contributed by atoms with Gasteiger partial charge < -0.3 is 15.0 Å². The maximum Gasteiger partial charge on any atom is 0.408 e. The lowest BCUT2D eigenvalue weighted by atomic mass is 10.1. The van der Waals surface area contributed by atoms with Crippen LogP contribution in [0.2, 0.25) is 0 Å². The molecule has 2 unspecified atom stereocenters. The van der Waals surface area contributed by atoms with E-state index in [1.165, 1.54) is 0 Å². The fraction of sp³-hybridized carbons (Fsp3) is 0.600. The van der Waals surface area contributed by atoms with Gasteiger partial charge in [0.2, 0.25) is 5.91 Å². The summed E-state index contributed by atoms with van der Waals surface area (Å²) in [7, 11) is 1.78. The van der Waals surface area contributed by atoms with E-state index in [9.17, 15) is 9.59 Å². The van der Waals surface area contributed by atoms with Crippen LogP contribution in [-0.2, 0) is 9.53 Å². The van der Waals surface area contributed by atoms with Gasteiger partial charge in [-0.1, -0.05) is 24.3 Å². The van der Waals surface area contributed by atoms with E-state index in [1.807, 2.05) is 18.2 Å². The van der Waals surface area contributed by atoms with Crippen LogP contribution in [-0.4, -0.2) is 52.6 Å². The maximum absolute atomic E-state index is 12.5. The maximum atomic E-state index is 12.5. The van der Waals surface area contributed by atoms with Crippen molar-refractivity contribution in [2.24, 2.45) is 0 Å². The van der Waals surface area contributed by atoms with E-state index < -0.39 is 17.7 Å². The molecule has 0 radical (unpaired) electrons. The number of thioether (sulfide) groups is 1. The third kappa shape index (κ3) is 4.03. The summed E-state index contributed by atoms with van der Waals surface area (Å²) < 4.78 is 5.23. The molecule has 2 amide bonds. The minimum Gasteiger partial charge on any atom is -0.444 e. The Morgan fingerprint density at radius 3 is 2.71 bits per heavy atom. The summed E-state index contributed by atoms with van der Waals surface area (Å²) in [6, 6.07) is -0.514. The lowest BCUT2D eigenvalue weighted by Gasteiger charge is -2.30. The number of hydrogen-bond donors (Lipinski definition) is 1. The molecule has 0 aromatic carbocycles. The molecule has 6 heteroatoms. The summed E-state index contributed by atoms with van der Waals surface area (Å²) in [6.07, 6.45) is 7.51. The first-order valence-electron chi connectivity index (χ1n) is 7.01. The van der Waals surface area contributed by atoms with Gasteiger partial charge in [0.25, 0.3) is 0 Å². The molecule has 21 heavy (non-hydrogen) atoms. The van der Waals surface area contributed by atoms with Crippen LogP contribution < -0.4 is 5.32 Å². The summed E-state index contributed by atoms with van der Waals surface area (Å²) in [6.45, 7) is 5.39. The molecule has 2 aliphatic rings.